The number of aryl methyl sites for hydroxylation is 1. The van der Waals surface area contributed by atoms with Crippen LogP contribution in [0.25, 0.3) is 37.1 Å². The van der Waals surface area contributed by atoms with Crippen LogP contribution in [0.4, 0.5) is 0 Å². The number of fused-ring (bicyclic) bond motifs is 2. The average molecular weight is 491 g/mol. The topological polar surface area (TPSA) is 86.0 Å². The molecule has 0 aliphatic carbocycles. The van der Waals surface area contributed by atoms with Crippen LogP contribution < -0.4 is 16.6 Å². The normalized spacial score (nSPS) is 11.2. The first-order valence-electron chi connectivity index (χ1n) is 10.6. The van der Waals surface area contributed by atoms with Gasteiger partial charge in [-0.1, -0.05) is 54.1 Å². The minimum atomic E-state index is -0.525. The van der Waals surface area contributed by atoms with Crippen molar-refractivity contribution >= 4 is 49.8 Å². The average Bonchev–Trinajstić information content (AvgIpc) is 3.29. The molecule has 5 rings (SSSR count). The molecule has 7 nitrogen and oxygen atoms in total. The molecule has 0 fully saturated rings. The SMILES string of the molecule is CNC(=O)CCn1c(=O)n(-c2cncc3ccccc23)c(=O)c2sc(-c3ccccc3Cl)cc21. The van der Waals surface area contributed by atoms with Gasteiger partial charge in [-0.05, 0) is 12.1 Å². The quantitative estimate of drug-likeness (QED) is 0.399. The van der Waals surface area contributed by atoms with Crippen LogP contribution in [0, 0.1) is 0 Å². The maximum Gasteiger partial charge on any atom is 0.336 e. The Hall–Kier alpha value is -3.75. The van der Waals surface area contributed by atoms with E-state index in [1.165, 1.54) is 22.1 Å². The summed E-state index contributed by atoms with van der Waals surface area (Å²) in [6, 6.07) is 16.6. The smallest absolute Gasteiger partial charge is 0.336 e. The number of nitrogens with one attached hydrogen (secondary N) is 1. The van der Waals surface area contributed by atoms with E-state index in [-0.39, 0.29) is 18.9 Å². The number of benzene rings is 2. The molecular weight excluding hydrogens is 472 g/mol. The summed E-state index contributed by atoms with van der Waals surface area (Å²) < 4.78 is 3.03. The van der Waals surface area contributed by atoms with E-state index in [0.717, 1.165) is 25.8 Å². The highest BCUT2D eigenvalue weighted by Crippen LogP contribution is 2.35. The first-order chi connectivity index (χ1) is 16.5. The molecule has 0 bridgehead atoms. The van der Waals surface area contributed by atoms with E-state index in [9.17, 15) is 14.4 Å². The summed E-state index contributed by atoms with van der Waals surface area (Å²) in [6.07, 6.45) is 3.30. The molecule has 1 N–H and O–H groups in total. The molecule has 0 spiro atoms. The van der Waals surface area contributed by atoms with Crippen LogP contribution >= 0.6 is 22.9 Å². The fraction of sp³-hybridized carbons (Fsp3) is 0.120. The van der Waals surface area contributed by atoms with Crippen molar-refractivity contribution in [2.45, 2.75) is 13.0 Å². The van der Waals surface area contributed by atoms with Gasteiger partial charge in [-0.2, -0.15) is 0 Å². The number of hydrogen-bond donors (Lipinski definition) is 1. The second kappa shape index (κ2) is 8.89. The Morgan fingerprint density at radius 3 is 2.65 bits per heavy atom. The third-order valence-electron chi connectivity index (χ3n) is 5.69. The third-order valence-corrected chi connectivity index (χ3v) is 7.17. The van der Waals surface area contributed by atoms with E-state index >= 15 is 0 Å². The van der Waals surface area contributed by atoms with E-state index in [0.29, 0.717) is 20.9 Å². The van der Waals surface area contributed by atoms with Gasteiger partial charge in [0.25, 0.3) is 5.56 Å². The van der Waals surface area contributed by atoms with Gasteiger partial charge in [0, 0.05) is 52.4 Å². The monoisotopic (exact) mass is 490 g/mol. The number of halogens is 1. The minimum absolute atomic E-state index is 0.0920. The fourth-order valence-corrected chi connectivity index (χ4v) is 5.41. The molecular formula is C25H19ClN4O3S. The van der Waals surface area contributed by atoms with E-state index < -0.39 is 11.2 Å². The summed E-state index contributed by atoms with van der Waals surface area (Å²) in [5.74, 6) is -0.203. The van der Waals surface area contributed by atoms with Crippen LogP contribution in [0.3, 0.4) is 0 Å². The molecule has 0 atom stereocenters. The van der Waals surface area contributed by atoms with Crippen molar-refractivity contribution < 1.29 is 4.79 Å². The van der Waals surface area contributed by atoms with E-state index in [1.807, 2.05) is 42.5 Å². The Labute approximate surface area is 202 Å². The first kappa shape index (κ1) is 22.1. The molecule has 0 aliphatic heterocycles. The van der Waals surface area contributed by atoms with E-state index in [1.54, 1.807) is 25.4 Å². The highest BCUT2D eigenvalue weighted by atomic mass is 35.5. The van der Waals surface area contributed by atoms with Crippen molar-refractivity contribution in [3.05, 3.63) is 92.9 Å². The summed E-state index contributed by atoms with van der Waals surface area (Å²) in [5.41, 5.74) is 0.689. The number of carbonyl (C=O) groups is 1. The van der Waals surface area contributed by atoms with Gasteiger partial charge in [-0.15, -0.1) is 11.3 Å². The zero-order chi connectivity index (χ0) is 23.8. The Morgan fingerprint density at radius 1 is 1.09 bits per heavy atom. The predicted octanol–water partition coefficient (Wildman–Crippen LogP) is 4.22. The van der Waals surface area contributed by atoms with E-state index in [4.69, 9.17) is 11.6 Å². The number of hydrogen-bond acceptors (Lipinski definition) is 5. The Kier molecular flexibility index (Phi) is 5.77. The maximum atomic E-state index is 13.7. The molecule has 3 heterocycles. The molecule has 9 heteroatoms. The molecule has 3 aromatic heterocycles. The first-order valence-corrected chi connectivity index (χ1v) is 11.8. The molecule has 0 saturated heterocycles. The van der Waals surface area contributed by atoms with Crippen LogP contribution in [0.15, 0.2) is 76.6 Å². The third kappa shape index (κ3) is 3.70. The van der Waals surface area contributed by atoms with Crippen molar-refractivity contribution in [2.75, 3.05) is 7.05 Å². The Bertz CT molecular complexity index is 1680. The lowest BCUT2D eigenvalue weighted by molar-refractivity contribution is -0.120. The van der Waals surface area contributed by atoms with Crippen molar-refractivity contribution in [1.82, 2.24) is 19.4 Å². The van der Waals surface area contributed by atoms with Crippen LogP contribution in [0.1, 0.15) is 6.42 Å². The highest BCUT2D eigenvalue weighted by molar-refractivity contribution is 7.22. The number of nitrogens with zero attached hydrogens (tertiary/aromatic N) is 3. The number of pyridine rings is 1. The van der Waals surface area contributed by atoms with Gasteiger partial charge in [0.05, 0.1) is 17.4 Å². The van der Waals surface area contributed by atoms with Gasteiger partial charge in [0.15, 0.2) is 0 Å². The van der Waals surface area contributed by atoms with E-state index in [2.05, 4.69) is 10.3 Å². The highest BCUT2D eigenvalue weighted by Gasteiger charge is 2.20. The number of aromatic nitrogens is 3. The molecule has 5 aromatic rings. The van der Waals surface area contributed by atoms with Crippen molar-refractivity contribution in [3.63, 3.8) is 0 Å². The number of carbonyl (C=O) groups excluding carboxylic acids is 1. The molecule has 0 aliphatic rings. The zero-order valence-corrected chi connectivity index (χ0v) is 19.7. The predicted molar refractivity (Wildman–Crippen MR) is 136 cm³/mol. The van der Waals surface area contributed by atoms with Gasteiger partial charge in [0.1, 0.15) is 4.70 Å². The summed E-state index contributed by atoms with van der Waals surface area (Å²) in [4.78, 5) is 44.4. The molecule has 170 valence electrons. The molecule has 0 saturated carbocycles. The van der Waals surface area contributed by atoms with Gasteiger partial charge in [-0.25, -0.2) is 9.36 Å². The molecule has 0 radical (unpaired) electrons. The lowest BCUT2D eigenvalue weighted by Crippen LogP contribution is -2.39. The summed E-state index contributed by atoms with van der Waals surface area (Å²) in [6.45, 7) is 0.117. The van der Waals surface area contributed by atoms with Crippen molar-refractivity contribution in [3.8, 4) is 16.1 Å². The standard InChI is InChI=1S/C25H19ClN4O3S/c1-27-22(31)10-11-29-19-12-21(17-8-4-5-9-18(17)26)34-23(19)24(32)30(25(29)33)20-14-28-13-15-6-2-3-7-16(15)20/h2-9,12-14H,10-11H2,1H3,(H,27,31). The molecule has 1 amide bonds. The van der Waals surface area contributed by atoms with Crippen molar-refractivity contribution in [1.29, 1.82) is 0 Å². The Balaban J connectivity index is 1.83. The summed E-state index contributed by atoms with van der Waals surface area (Å²) in [5, 5.41) is 4.67. The molecule has 34 heavy (non-hydrogen) atoms. The summed E-state index contributed by atoms with van der Waals surface area (Å²) >= 11 is 7.67. The van der Waals surface area contributed by atoms with Crippen LogP contribution in [0.2, 0.25) is 5.02 Å². The number of amides is 1. The maximum absolute atomic E-state index is 13.7. The second-order valence-electron chi connectivity index (χ2n) is 7.68. The van der Waals surface area contributed by atoms with Crippen LogP contribution in [-0.4, -0.2) is 27.1 Å². The Morgan fingerprint density at radius 2 is 1.85 bits per heavy atom. The summed E-state index contributed by atoms with van der Waals surface area (Å²) in [7, 11) is 1.55. The van der Waals surface area contributed by atoms with Gasteiger partial charge in [0.2, 0.25) is 5.91 Å². The lowest BCUT2D eigenvalue weighted by Gasteiger charge is -2.13. The second-order valence-corrected chi connectivity index (χ2v) is 9.14. The molecule has 2 aromatic carbocycles. The fourth-order valence-electron chi connectivity index (χ4n) is 3.99. The van der Waals surface area contributed by atoms with Crippen molar-refractivity contribution in [2.24, 2.45) is 0 Å². The molecule has 0 unspecified atom stereocenters. The van der Waals surface area contributed by atoms with Crippen LogP contribution in [0.5, 0.6) is 0 Å². The van der Waals surface area contributed by atoms with Gasteiger partial charge >= 0.3 is 5.69 Å². The van der Waals surface area contributed by atoms with Gasteiger partial charge in [-0.3, -0.25) is 19.1 Å². The zero-order valence-electron chi connectivity index (χ0n) is 18.1. The van der Waals surface area contributed by atoms with Gasteiger partial charge < -0.3 is 5.32 Å². The number of thiophene rings is 1. The number of rotatable bonds is 5. The lowest BCUT2D eigenvalue weighted by atomic mass is 10.1. The largest absolute Gasteiger partial charge is 0.359 e. The van der Waals surface area contributed by atoms with Crippen LogP contribution in [-0.2, 0) is 11.3 Å². The minimum Gasteiger partial charge on any atom is -0.359 e.